The lowest BCUT2D eigenvalue weighted by Gasteiger charge is -2.47. The lowest BCUT2D eigenvalue weighted by molar-refractivity contribution is -0.298. The first kappa shape index (κ1) is 21.7. The number of azide groups is 1. The molecule has 0 spiro atoms. The third-order valence-electron chi connectivity index (χ3n) is 4.98. The van der Waals surface area contributed by atoms with Crippen LogP contribution < -0.4 is 0 Å². The number of nitrogens with zero attached hydrogens (tertiary/aromatic N) is 3. The molecule has 0 aliphatic carbocycles. The van der Waals surface area contributed by atoms with Crippen molar-refractivity contribution in [2.45, 2.75) is 41.0 Å². The number of hydrogen-bond acceptors (Lipinski definition) is 6. The van der Waals surface area contributed by atoms with Crippen molar-refractivity contribution in [3.05, 3.63) is 74.6 Å². The molecular weight excluding hydrogens is 449 g/mol. The molecule has 10 heteroatoms. The third kappa shape index (κ3) is 4.56. The summed E-state index contributed by atoms with van der Waals surface area (Å²) in [5.74, 6) is 0. The Hall–Kier alpha value is -1.48. The second-order valence-corrected chi connectivity index (χ2v) is 8.80. The fourth-order valence-corrected chi connectivity index (χ4v) is 5.14. The second-order valence-electron chi connectivity index (χ2n) is 6.81. The quantitative estimate of drug-likeness (QED) is 0.323. The van der Waals surface area contributed by atoms with Crippen LogP contribution in [-0.4, -0.2) is 43.5 Å². The van der Waals surface area contributed by atoms with E-state index in [1.54, 1.807) is 19.2 Å². The fraction of sp³-hybridized carbons (Fsp3) is 0.400. The van der Waals surface area contributed by atoms with Crippen LogP contribution in [0.4, 0.5) is 0 Å². The molecule has 2 heterocycles. The van der Waals surface area contributed by atoms with Crippen LogP contribution in [-0.2, 0) is 18.9 Å². The summed E-state index contributed by atoms with van der Waals surface area (Å²) < 4.78 is 24.0. The molecule has 0 radical (unpaired) electrons. The topological polar surface area (TPSA) is 85.7 Å². The van der Waals surface area contributed by atoms with E-state index in [2.05, 4.69) is 10.0 Å². The molecule has 2 aliphatic rings. The van der Waals surface area contributed by atoms with Gasteiger partial charge < -0.3 is 18.9 Å². The van der Waals surface area contributed by atoms with Gasteiger partial charge in [-0.1, -0.05) is 70.4 Å². The minimum Gasteiger partial charge on any atom is -0.377 e. The van der Waals surface area contributed by atoms with Crippen molar-refractivity contribution in [2.75, 3.05) is 13.7 Å². The van der Waals surface area contributed by atoms with Gasteiger partial charge in [-0.15, -0.1) is 0 Å². The maximum atomic E-state index is 9.18. The molecule has 0 aromatic heterocycles. The summed E-state index contributed by atoms with van der Waals surface area (Å²) in [6.45, 7) is 0.302. The van der Waals surface area contributed by atoms with Crippen LogP contribution in [0.3, 0.4) is 0 Å². The summed E-state index contributed by atoms with van der Waals surface area (Å²) in [7, 11) is 1.56. The van der Waals surface area contributed by atoms with Crippen LogP contribution in [0.5, 0.6) is 0 Å². The van der Waals surface area contributed by atoms with E-state index in [0.29, 0.717) is 16.7 Å². The van der Waals surface area contributed by atoms with Gasteiger partial charge in [0, 0.05) is 22.5 Å². The highest BCUT2D eigenvalue weighted by Gasteiger charge is 2.50. The Morgan fingerprint density at radius 3 is 2.63 bits per heavy atom. The normalized spacial score (nSPS) is 30.9. The van der Waals surface area contributed by atoms with Crippen LogP contribution >= 0.6 is 35.0 Å². The maximum absolute atomic E-state index is 9.18. The highest BCUT2D eigenvalue weighted by molar-refractivity contribution is 7.99. The summed E-state index contributed by atoms with van der Waals surface area (Å²) in [4.78, 5) is 3.89. The number of benzene rings is 2. The molecule has 2 aromatic carbocycles. The van der Waals surface area contributed by atoms with Crippen molar-refractivity contribution in [2.24, 2.45) is 5.11 Å². The van der Waals surface area contributed by atoms with Crippen molar-refractivity contribution in [1.29, 1.82) is 0 Å². The zero-order valence-electron chi connectivity index (χ0n) is 15.9. The van der Waals surface area contributed by atoms with Gasteiger partial charge in [0.25, 0.3) is 0 Å². The highest BCUT2D eigenvalue weighted by Crippen LogP contribution is 2.41. The molecule has 2 fully saturated rings. The average Bonchev–Trinajstić information content (AvgIpc) is 2.77. The van der Waals surface area contributed by atoms with Crippen molar-refractivity contribution in [3.63, 3.8) is 0 Å². The van der Waals surface area contributed by atoms with E-state index in [0.717, 1.165) is 10.5 Å². The summed E-state index contributed by atoms with van der Waals surface area (Å²) in [5.41, 5.74) is 9.62. The molecule has 0 saturated carbocycles. The van der Waals surface area contributed by atoms with E-state index >= 15 is 0 Å². The summed E-state index contributed by atoms with van der Waals surface area (Å²) >= 11 is 13.6. The molecule has 158 valence electrons. The van der Waals surface area contributed by atoms with E-state index in [1.165, 1.54) is 11.8 Å². The zero-order chi connectivity index (χ0) is 21.1. The Labute approximate surface area is 188 Å². The largest absolute Gasteiger partial charge is 0.377 e. The molecular formula is C20H19Cl2N3O4S. The van der Waals surface area contributed by atoms with Crippen LogP contribution in [0.15, 0.2) is 58.5 Å². The zero-order valence-corrected chi connectivity index (χ0v) is 18.3. The molecule has 30 heavy (non-hydrogen) atoms. The summed E-state index contributed by atoms with van der Waals surface area (Å²) in [6, 6.07) is 14.4. The van der Waals surface area contributed by atoms with Gasteiger partial charge in [0.1, 0.15) is 23.7 Å². The van der Waals surface area contributed by atoms with Gasteiger partial charge in [-0.25, -0.2) is 0 Å². The summed E-state index contributed by atoms with van der Waals surface area (Å²) in [6.07, 6.45) is -2.01. The predicted octanol–water partition coefficient (Wildman–Crippen LogP) is 5.62. The molecule has 2 aromatic rings. The van der Waals surface area contributed by atoms with Gasteiger partial charge in [0.2, 0.25) is 0 Å². The van der Waals surface area contributed by atoms with Gasteiger partial charge in [-0.3, -0.25) is 0 Å². The number of thioether (sulfide) groups is 1. The van der Waals surface area contributed by atoms with Gasteiger partial charge in [-0.05, 0) is 23.7 Å². The first-order valence-electron chi connectivity index (χ1n) is 9.27. The van der Waals surface area contributed by atoms with E-state index in [4.69, 9.17) is 42.1 Å². The Morgan fingerprint density at radius 2 is 1.93 bits per heavy atom. The lowest BCUT2D eigenvalue weighted by atomic mass is 9.96. The monoisotopic (exact) mass is 467 g/mol. The maximum Gasteiger partial charge on any atom is 0.184 e. The Balaban J connectivity index is 1.57. The first-order chi connectivity index (χ1) is 14.6. The van der Waals surface area contributed by atoms with Crippen LogP contribution in [0.1, 0.15) is 11.9 Å². The first-order valence-corrected chi connectivity index (χ1v) is 10.9. The second kappa shape index (κ2) is 9.77. The van der Waals surface area contributed by atoms with E-state index in [9.17, 15) is 5.53 Å². The van der Waals surface area contributed by atoms with Gasteiger partial charge in [0.05, 0.1) is 22.7 Å². The lowest BCUT2D eigenvalue weighted by Crippen LogP contribution is -2.60. The van der Waals surface area contributed by atoms with Crippen LogP contribution in [0, 0.1) is 0 Å². The van der Waals surface area contributed by atoms with Gasteiger partial charge in [0.15, 0.2) is 6.29 Å². The number of halogens is 2. The van der Waals surface area contributed by atoms with Gasteiger partial charge >= 0.3 is 0 Å². The molecule has 0 N–H and O–H groups in total. The summed E-state index contributed by atoms with van der Waals surface area (Å²) in [5, 5.41) is 4.93. The highest BCUT2D eigenvalue weighted by atomic mass is 35.5. The van der Waals surface area contributed by atoms with Crippen LogP contribution in [0.2, 0.25) is 10.0 Å². The van der Waals surface area contributed by atoms with Crippen molar-refractivity contribution in [1.82, 2.24) is 0 Å². The minimum absolute atomic E-state index is 0.302. The van der Waals surface area contributed by atoms with Gasteiger partial charge in [-0.2, -0.15) is 0 Å². The molecule has 2 aliphatic heterocycles. The minimum atomic E-state index is -0.589. The van der Waals surface area contributed by atoms with Crippen molar-refractivity contribution in [3.8, 4) is 0 Å². The molecule has 2 saturated heterocycles. The molecule has 1 unspecified atom stereocenters. The predicted molar refractivity (Wildman–Crippen MR) is 115 cm³/mol. The van der Waals surface area contributed by atoms with Crippen molar-refractivity contribution < 1.29 is 18.9 Å². The number of ether oxygens (including phenoxy) is 4. The van der Waals surface area contributed by atoms with E-state index in [1.807, 2.05) is 36.4 Å². The molecule has 6 atom stereocenters. The standard InChI is InChI=1S/C20H19Cl2N3O4S/c1-26-18-16(24-25-23)17-15(10-27-19(29-17)11-5-3-2-4-6-11)28-20(18)30-12-7-8-13(21)14(22)9-12/h2-9,15-20H,10H2,1H3/t15-,16+,17+,18-,19?,20-/m1/s1. The van der Waals surface area contributed by atoms with Crippen molar-refractivity contribution >= 4 is 35.0 Å². The molecule has 4 rings (SSSR count). The Kier molecular flexibility index (Phi) is 7.08. The number of methoxy groups -OCH3 is 1. The number of hydrogen-bond donors (Lipinski definition) is 0. The smallest absolute Gasteiger partial charge is 0.184 e. The third-order valence-corrected chi connectivity index (χ3v) is 6.86. The Morgan fingerprint density at radius 1 is 1.13 bits per heavy atom. The SMILES string of the molecule is CO[C@@H]1[C@@H](N=[N+]=[N-])[C@H]2OC(c3ccccc3)OC[C@H]2O[C@@H]1Sc1ccc(Cl)c(Cl)c1. The molecule has 0 bridgehead atoms. The van der Waals surface area contributed by atoms with E-state index in [-0.39, 0.29) is 0 Å². The number of rotatable bonds is 5. The Bertz CT molecular complexity index is 932. The average molecular weight is 468 g/mol. The van der Waals surface area contributed by atoms with E-state index < -0.39 is 36.1 Å². The molecule has 7 nitrogen and oxygen atoms in total. The fourth-order valence-electron chi connectivity index (χ4n) is 3.57. The van der Waals surface area contributed by atoms with Crippen LogP contribution in [0.25, 0.3) is 10.4 Å². The molecule has 0 amide bonds. The number of fused-ring (bicyclic) bond motifs is 1.